The van der Waals surface area contributed by atoms with Crippen molar-refractivity contribution < 1.29 is 9.90 Å². The number of rotatable bonds is 1. The summed E-state index contributed by atoms with van der Waals surface area (Å²) in [5.41, 5.74) is 11.5. The van der Waals surface area contributed by atoms with Gasteiger partial charge in [0.1, 0.15) is 0 Å². The SMILES string of the molecule is NCC#Cc1ccc(N)c(C(=O)O)c1. The number of hydrogen-bond acceptors (Lipinski definition) is 3. The Bertz CT molecular complexity index is 416. The Balaban J connectivity index is 3.13. The molecule has 0 atom stereocenters. The molecular weight excluding hydrogens is 180 g/mol. The molecule has 0 aromatic heterocycles. The number of nitrogen functional groups attached to an aromatic ring is 1. The highest BCUT2D eigenvalue weighted by Gasteiger charge is 2.07. The fourth-order valence-electron chi connectivity index (χ4n) is 0.972. The van der Waals surface area contributed by atoms with Crippen molar-refractivity contribution in [1.82, 2.24) is 0 Å². The van der Waals surface area contributed by atoms with Crippen LogP contribution in [-0.2, 0) is 0 Å². The second-order valence-electron chi connectivity index (χ2n) is 2.61. The van der Waals surface area contributed by atoms with Gasteiger partial charge in [-0.05, 0) is 18.2 Å². The Kier molecular flexibility index (Phi) is 3.10. The second kappa shape index (κ2) is 4.30. The number of anilines is 1. The zero-order valence-electron chi connectivity index (χ0n) is 7.45. The lowest BCUT2D eigenvalue weighted by Crippen LogP contribution is -2.02. The third-order valence-electron chi connectivity index (χ3n) is 1.62. The predicted octanol–water partition coefficient (Wildman–Crippen LogP) is 0.277. The summed E-state index contributed by atoms with van der Waals surface area (Å²) in [4.78, 5) is 10.7. The number of carboxylic acid groups (broad SMARTS) is 1. The minimum Gasteiger partial charge on any atom is -0.478 e. The molecule has 0 aliphatic carbocycles. The molecule has 5 N–H and O–H groups in total. The van der Waals surface area contributed by atoms with Crippen molar-refractivity contribution in [3.8, 4) is 11.8 Å². The van der Waals surface area contributed by atoms with Gasteiger partial charge in [0.15, 0.2) is 0 Å². The summed E-state index contributed by atoms with van der Waals surface area (Å²) >= 11 is 0. The summed E-state index contributed by atoms with van der Waals surface area (Å²) in [6.07, 6.45) is 0. The Labute approximate surface area is 81.5 Å². The van der Waals surface area contributed by atoms with Crippen LogP contribution in [0.1, 0.15) is 15.9 Å². The molecule has 0 saturated carbocycles. The van der Waals surface area contributed by atoms with Crippen LogP contribution in [0.4, 0.5) is 5.69 Å². The average Bonchev–Trinajstić information content (AvgIpc) is 2.16. The van der Waals surface area contributed by atoms with Gasteiger partial charge in [-0.2, -0.15) is 0 Å². The van der Waals surface area contributed by atoms with Crippen LogP contribution >= 0.6 is 0 Å². The van der Waals surface area contributed by atoms with E-state index in [0.29, 0.717) is 5.56 Å². The standard InChI is InChI=1S/C10H10N2O2/c11-5-1-2-7-3-4-9(12)8(6-7)10(13)14/h3-4,6H,5,11-12H2,(H,13,14). The molecule has 0 amide bonds. The van der Waals surface area contributed by atoms with E-state index < -0.39 is 5.97 Å². The van der Waals surface area contributed by atoms with Crippen LogP contribution in [0.25, 0.3) is 0 Å². The van der Waals surface area contributed by atoms with E-state index in [-0.39, 0.29) is 17.8 Å². The maximum absolute atomic E-state index is 10.7. The van der Waals surface area contributed by atoms with Crippen molar-refractivity contribution in [3.63, 3.8) is 0 Å². The first-order valence-corrected chi connectivity index (χ1v) is 3.97. The van der Waals surface area contributed by atoms with E-state index in [2.05, 4.69) is 11.8 Å². The Morgan fingerprint density at radius 3 is 2.79 bits per heavy atom. The average molecular weight is 190 g/mol. The van der Waals surface area contributed by atoms with Gasteiger partial charge in [-0.15, -0.1) is 0 Å². The molecule has 0 radical (unpaired) electrons. The van der Waals surface area contributed by atoms with Crippen LogP contribution in [0.3, 0.4) is 0 Å². The molecule has 14 heavy (non-hydrogen) atoms. The molecule has 0 bridgehead atoms. The second-order valence-corrected chi connectivity index (χ2v) is 2.61. The summed E-state index contributed by atoms with van der Waals surface area (Å²) in [5, 5.41) is 8.76. The Morgan fingerprint density at radius 1 is 1.50 bits per heavy atom. The maximum atomic E-state index is 10.7. The van der Waals surface area contributed by atoms with Gasteiger partial charge in [0.2, 0.25) is 0 Å². The fraction of sp³-hybridized carbons (Fsp3) is 0.100. The highest BCUT2D eigenvalue weighted by molar-refractivity contribution is 5.94. The zero-order chi connectivity index (χ0) is 10.6. The molecule has 4 heteroatoms. The van der Waals surface area contributed by atoms with E-state index >= 15 is 0 Å². The smallest absolute Gasteiger partial charge is 0.337 e. The van der Waals surface area contributed by atoms with Crippen LogP contribution < -0.4 is 11.5 Å². The number of carboxylic acids is 1. The normalized spacial score (nSPS) is 8.93. The third-order valence-corrected chi connectivity index (χ3v) is 1.62. The lowest BCUT2D eigenvalue weighted by molar-refractivity contribution is 0.0698. The highest BCUT2D eigenvalue weighted by Crippen LogP contribution is 2.13. The Morgan fingerprint density at radius 2 is 2.21 bits per heavy atom. The predicted molar refractivity (Wildman–Crippen MR) is 53.7 cm³/mol. The molecule has 0 saturated heterocycles. The Hall–Kier alpha value is -1.99. The van der Waals surface area contributed by atoms with Crippen molar-refractivity contribution in [1.29, 1.82) is 0 Å². The third kappa shape index (κ3) is 2.25. The monoisotopic (exact) mass is 190 g/mol. The number of carbonyl (C=O) groups is 1. The van der Waals surface area contributed by atoms with E-state index in [0.717, 1.165) is 0 Å². The van der Waals surface area contributed by atoms with Crippen molar-refractivity contribution in [3.05, 3.63) is 29.3 Å². The van der Waals surface area contributed by atoms with E-state index in [9.17, 15) is 4.79 Å². The minimum absolute atomic E-state index is 0.0637. The van der Waals surface area contributed by atoms with E-state index in [1.165, 1.54) is 12.1 Å². The molecule has 0 heterocycles. The van der Waals surface area contributed by atoms with Gasteiger partial charge in [-0.25, -0.2) is 4.79 Å². The maximum Gasteiger partial charge on any atom is 0.337 e. The number of hydrogen-bond donors (Lipinski definition) is 3. The molecule has 1 aromatic carbocycles. The first-order valence-electron chi connectivity index (χ1n) is 3.97. The van der Waals surface area contributed by atoms with Gasteiger partial charge in [-0.1, -0.05) is 11.8 Å². The summed E-state index contributed by atoms with van der Waals surface area (Å²) in [7, 11) is 0. The summed E-state index contributed by atoms with van der Waals surface area (Å²) in [5.74, 6) is 4.31. The molecule has 0 aliphatic heterocycles. The van der Waals surface area contributed by atoms with Crippen molar-refractivity contribution in [2.45, 2.75) is 0 Å². The van der Waals surface area contributed by atoms with Crippen LogP contribution in [0, 0.1) is 11.8 Å². The van der Waals surface area contributed by atoms with E-state index in [4.69, 9.17) is 16.6 Å². The van der Waals surface area contributed by atoms with E-state index in [1.54, 1.807) is 6.07 Å². The molecule has 1 rings (SSSR count). The van der Waals surface area contributed by atoms with Crippen LogP contribution in [-0.4, -0.2) is 17.6 Å². The van der Waals surface area contributed by atoms with Crippen molar-refractivity contribution in [2.24, 2.45) is 5.73 Å². The highest BCUT2D eigenvalue weighted by atomic mass is 16.4. The largest absolute Gasteiger partial charge is 0.478 e. The van der Waals surface area contributed by atoms with Gasteiger partial charge in [0.25, 0.3) is 0 Å². The molecular formula is C10H10N2O2. The van der Waals surface area contributed by atoms with Crippen LogP contribution in [0.5, 0.6) is 0 Å². The van der Waals surface area contributed by atoms with E-state index in [1.807, 2.05) is 0 Å². The number of aromatic carboxylic acids is 1. The molecule has 72 valence electrons. The van der Waals surface area contributed by atoms with Gasteiger partial charge in [0, 0.05) is 11.3 Å². The van der Waals surface area contributed by atoms with Crippen molar-refractivity contribution in [2.75, 3.05) is 12.3 Å². The molecule has 0 unspecified atom stereocenters. The van der Waals surface area contributed by atoms with Crippen molar-refractivity contribution >= 4 is 11.7 Å². The first-order chi connectivity index (χ1) is 6.65. The van der Waals surface area contributed by atoms with Gasteiger partial charge in [-0.3, -0.25) is 0 Å². The number of nitrogens with two attached hydrogens (primary N) is 2. The molecule has 4 nitrogen and oxygen atoms in total. The summed E-state index contributed by atoms with van der Waals surface area (Å²) < 4.78 is 0. The quantitative estimate of drug-likeness (QED) is 0.438. The molecule has 0 spiro atoms. The van der Waals surface area contributed by atoms with Crippen LogP contribution in [0.15, 0.2) is 18.2 Å². The zero-order valence-corrected chi connectivity index (χ0v) is 7.45. The number of benzene rings is 1. The van der Waals surface area contributed by atoms with Gasteiger partial charge >= 0.3 is 5.97 Å². The molecule has 0 aliphatic rings. The van der Waals surface area contributed by atoms with Gasteiger partial charge in [0.05, 0.1) is 12.1 Å². The fourth-order valence-corrected chi connectivity index (χ4v) is 0.972. The minimum atomic E-state index is -1.06. The van der Waals surface area contributed by atoms with Gasteiger partial charge < -0.3 is 16.6 Å². The topological polar surface area (TPSA) is 89.3 Å². The first kappa shape index (κ1) is 10.1. The lowest BCUT2D eigenvalue weighted by atomic mass is 10.1. The molecule has 0 fully saturated rings. The van der Waals surface area contributed by atoms with Crippen LogP contribution in [0.2, 0.25) is 0 Å². The summed E-state index contributed by atoms with van der Waals surface area (Å²) in [6, 6.07) is 4.61. The lowest BCUT2D eigenvalue weighted by Gasteiger charge is -2.00. The summed E-state index contributed by atoms with van der Waals surface area (Å²) in [6.45, 7) is 0.243. The molecule has 1 aromatic rings.